The molecule has 0 aromatic heterocycles. The summed E-state index contributed by atoms with van der Waals surface area (Å²) in [6.45, 7) is 6.50. The summed E-state index contributed by atoms with van der Waals surface area (Å²) in [7, 11) is 0. The highest BCUT2D eigenvalue weighted by atomic mass is 35.5. The minimum absolute atomic E-state index is 0.0340. The van der Waals surface area contributed by atoms with E-state index in [1.165, 1.54) is 0 Å². The summed E-state index contributed by atoms with van der Waals surface area (Å²) in [5.41, 5.74) is -0.0340. The normalized spacial score (nSPS) is 21.5. The molecule has 0 bridgehead atoms. The van der Waals surface area contributed by atoms with E-state index in [0.29, 0.717) is 5.88 Å². The summed E-state index contributed by atoms with van der Waals surface area (Å²) in [6.07, 6.45) is 0. The van der Waals surface area contributed by atoms with Gasteiger partial charge in [0.25, 0.3) is 0 Å². The van der Waals surface area contributed by atoms with Crippen molar-refractivity contribution in [3.05, 3.63) is 0 Å². The second-order valence-electron chi connectivity index (χ2n) is 3.70. The SMILES string of the molecule is CCOCCN1CC(CO)(CCl)C1. The van der Waals surface area contributed by atoms with Crippen molar-refractivity contribution in [2.75, 3.05) is 45.3 Å². The quantitative estimate of drug-likeness (QED) is 0.510. The van der Waals surface area contributed by atoms with Crippen LogP contribution in [0.2, 0.25) is 0 Å². The average Bonchev–Trinajstić information content (AvgIpc) is 2.10. The van der Waals surface area contributed by atoms with E-state index in [0.717, 1.165) is 32.8 Å². The number of aliphatic hydroxyl groups excluding tert-OH is 1. The van der Waals surface area contributed by atoms with Crippen molar-refractivity contribution >= 4 is 11.6 Å². The molecule has 13 heavy (non-hydrogen) atoms. The number of rotatable bonds is 6. The number of ether oxygens (including phenoxy) is 1. The van der Waals surface area contributed by atoms with Gasteiger partial charge in [-0.1, -0.05) is 0 Å². The predicted octanol–water partition coefficient (Wildman–Crippen LogP) is 0.556. The molecule has 0 radical (unpaired) electrons. The van der Waals surface area contributed by atoms with Gasteiger partial charge in [-0.25, -0.2) is 0 Å². The first kappa shape index (κ1) is 11.2. The third-order valence-electron chi connectivity index (χ3n) is 2.49. The summed E-state index contributed by atoms with van der Waals surface area (Å²) < 4.78 is 5.24. The Balaban J connectivity index is 2.09. The zero-order valence-electron chi connectivity index (χ0n) is 8.13. The van der Waals surface area contributed by atoms with Gasteiger partial charge < -0.3 is 9.84 Å². The fraction of sp³-hybridized carbons (Fsp3) is 1.00. The Morgan fingerprint density at radius 1 is 1.54 bits per heavy atom. The van der Waals surface area contributed by atoms with Crippen molar-refractivity contribution < 1.29 is 9.84 Å². The van der Waals surface area contributed by atoms with Crippen LogP contribution in [0.4, 0.5) is 0 Å². The third kappa shape index (κ3) is 2.81. The van der Waals surface area contributed by atoms with Gasteiger partial charge in [0.15, 0.2) is 0 Å². The maximum atomic E-state index is 9.08. The van der Waals surface area contributed by atoms with Gasteiger partial charge in [-0.15, -0.1) is 11.6 Å². The molecule has 0 spiro atoms. The van der Waals surface area contributed by atoms with Crippen LogP contribution in [0.15, 0.2) is 0 Å². The lowest BCUT2D eigenvalue weighted by Crippen LogP contribution is -2.59. The number of hydrogen-bond acceptors (Lipinski definition) is 3. The van der Waals surface area contributed by atoms with Gasteiger partial charge in [-0.2, -0.15) is 0 Å². The lowest BCUT2D eigenvalue weighted by Gasteiger charge is -2.48. The molecule has 1 rings (SSSR count). The Morgan fingerprint density at radius 3 is 2.69 bits per heavy atom. The lowest BCUT2D eigenvalue weighted by atomic mass is 9.83. The smallest absolute Gasteiger partial charge is 0.0593 e. The number of alkyl halides is 1. The highest BCUT2D eigenvalue weighted by Crippen LogP contribution is 2.30. The van der Waals surface area contributed by atoms with Crippen molar-refractivity contribution in [2.45, 2.75) is 6.92 Å². The summed E-state index contributed by atoms with van der Waals surface area (Å²) in [6, 6.07) is 0. The van der Waals surface area contributed by atoms with Gasteiger partial charge in [-0.3, -0.25) is 4.90 Å². The molecule has 0 aromatic carbocycles. The van der Waals surface area contributed by atoms with Gasteiger partial charge in [0.05, 0.1) is 13.2 Å². The summed E-state index contributed by atoms with van der Waals surface area (Å²) in [5.74, 6) is 0.550. The topological polar surface area (TPSA) is 32.7 Å². The number of aliphatic hydroxyl groups is 1. The van der Waals surface area contributed by atoms with Crippen molar-refractivity contribution in [2.24, 2.45) is 5.41 Å². The maximum Gasteiger partial charge on any atom is 0.0593 e. The van der Waals surface area contributed by atoms with Crippen LogP contribution in [0.1, 0.15) is 6.92 Å². The van der Waals surface area contributed by atoms with Gasteiger partial charge >= 0.3 is 0 Å². The fourth-order valence-electron chi connectivity index (χ4n) is 1.63. The number of halogens is 1. The zero-order valence-corrected chi connectivity index (χ0v) is 8.89. The van der Waals surface area contributed by atoms with Crippen LogP contribution in [0.25, 0.3) is 0 Å². The van der Waals surface area contributed by atoms with Gasteiger partial charge in [0.2, 0.25) is 0 Å². The molecular weight excluding hydrogens is 190 g/mol. The molecule has 0 aliphatic carbocycles. The first-order valence-corrected chi connectivity index (χ1v) is 5.27. The van der Waals surface area contributed by atoms with Crippen LogP contribution < -0.4 is 0 Å². The van der Waals surface area contributed by atoms with Crippen LogP contribution in [-0.4, -0.2) is 55.3 Å². The largest absolute Gasteiger partial charge is 0.396 e. The molecule has 0 aromatic rings. The van der Waals surface area contributed by atoms with E-state index in [-0.39, 0.29) is 12.0 Å². The molecule has 1 aliphatic rings. The molecule has 78 valence electrons. The molecule has 1 saturated heterocycles. The third-order valence-corrected chi connectivity index (χ3v) is 3.06. The number of hydrogen-bond donors (Lipinski definition) is 1. The molecule has 4 heteroatoms. The Morgan fingerprint density at radius 2 is 2.23 bits per heavy atom. The van der Waals surface area contributed by atoms with E-state index in [1.807, 2.05) is 6.92 Å². The Labute approximate surface area is 84.6 Å². The van der Waals surface area contributed by atoms with E-state index in [9.17, 15) is 0 Å². The molecule has 0 atom stereocenters. The second kappa shape index (κ2) is 5.15. The molecule has 1 fully saturated rings. The van der Waals surface area contributed by atoms with Crippen LogP contribution in [0, 0.1) is 5.41 Å². The standard InChI is InChI=1S/C9H18ClNO2/c1-2-13-4-3-11-6-9(5-10,7-11)8-12/h12H,2-8H2,1H3. The summed E-state index contributed by atoms with van der Waals surface area (Å²) >= 11 is 5.77. The van der Waals surface area contributed by atoms with Crippen LogP contribution in [0.5, 0.6) is 0 Å². The van der Waals surface area contributed by atoms with E-state index < -0.39 is 0 Å². The first-order chi connectivity index (χ1) is 6.26. The number of nitrogens with zero attached hydrogens (tertiary/aromatic N) is 1. The van der Waals surface area contributed by atoms with Crippen LogP contribution >= 0.6 is 11.6 Å². The molecule has 1 aliphatic heterocycles. The van der Waals surface area contributed by atoms with Crippen molar-refractivity contribution in [1.29, 1.82) is 0 Å². The Bertz CT molecular complexity index is 143. The molecule has 0 unspecified atom stereocenters. The lowest BCUT2D eigenvalue weighted by molar-refractivity contribution is -0.0368. The van der Waals surface area contributed by atoms with Crippen molar-refractivity contribution in [3.8, 4) is 0 Å². The summed E-state index contributed by atoms with van der Waals surface area (Å²) in [4.78, 5) is 2.26. The molecule has 0 amide bonds. The highest BCUT2D eigenvalue weighted by Gasteiger charge is 2.41. The van der Waals surface area contributed by atoms with Gasteiger partial charge in [0.1, 0.15) is 0 Å². The summed E-state index contributed by atoms with van der Waals surface area (Å²) in [5, 5.41) is 9.08. The average molecular weight is 208 g/mol. The number of likely N-dealkylation sites (tertiary alicyclic amines) is 1. The molecular formula is C9H18ClNO2. The van der Waals surface area contributed by atoms with Crippen LogP contribution in [0.3, 0.4) is 0 Å². The minimum atomic E-state index is -0.0340. The second-order valence-corrected chi connectivity index (χ2v) is 3.97. The molecule has 0 saturated carbocycles. The maximum absolute atomic E-state index is 9.08. The highest BCUT2D eigenvalue weighted by molar-refractivity contribution is 6.18. The van der Waals surface area contributed by atoms with E-state index in [2.05, 4.69) is 4.90 Å². The zero-order chi connectivity index (χ0) is 9.73. The predicted molar refractivity (Wildman–Crippen MR) is 53.2 cm³/mol. The fourth-order valence-corrected chi connectivity index (χ4v) is 1.88. The molecule has 1 heterocycles. The van der Waals surface area contributed by atoms with Crippen molar-refractivity contribution in [1.82, 2.24) is 4.90 Å². The Hall–Kier alpha value is 0.170. The van der Waals surface area contributed by atoms with E-state index in [4.69, 9.17) is 21.4 Å². The van der Waals surface area contributed by atoms with Gasteiger partial charge in [0, 0.05) is 37.5 Å². The van der Waals surface area contributed by atoms with Crippen LogP contribution in [-0.2, 0) is 4.74 Å². The first-order valence-electron chi connectivity index (χ1n) is 4.73. The minimum Gasteiger partial charge on any atom is -0.396 e. The van der Waals surface area contributed by atoms with E-state index in [1.54, 1.807) is 0 Å². The molecule has 3 nitrogen and oxygen atoms in total. The van der Waals surface area contributed by atoms with Gasteiger partial charge in [-0.05, 0) is 6.92 Å². The molecule has 1 N–H and O–H groups in total. The Kier molecular flexibility index (Phi) is 4.46. The monoisotopic (exact) mass is 207 g/mol. The van der Waals surface area contributed by atoms with Crippen molar-refractivity contribution in [3.63, 3.8) is 0 Å². The van der Waals surface area contributed by atoms with E-state index >= 15 is 0 Å².